The molecule has 27 heavy (non-hydrogen) atoms. The summed E-state index contributed by atoms with van der Waals surface area (Å²) in [5, 5.41) is 2.91. The van der Waals surface area contributed by atoms with Crippen LogP contribution in [0.15, 0.2) is 71.3 Å². The highest BCUT2D eigenvalue weighted by Gasteiger charge is 2.39. The molecule has 0 unspecified atom stereocenters. The number of furan rings is 1. The maximum atomic E-state index is 13.4. The number of nitrogens with zero attached hydrogens (tertiary/aromatic N) is 1. The zero-order valence-corrected chi connectivity index (χ0v) is 14.0. The lowest BCUT2D eigenvalue weighted by Gasteiger charge is -2.27. The Kier molecular flexibility index (Phi) is 4.14. The summed E-state index contributed by atoms with van der Waals surface area (Å²) >= 11 is 0. The normalized spacial score (nSPS) is 16.5. The number of carbonyl (C=O) groups is 1. The summed E-state index contributed by atoms with van der Waals surface area (Å²) < 4.78 is 45.4. The number of hydrogen-bond acceptors (Lipinski definition) is 3. The summed E-state index contributed by atoms with van der Waals surface area (Å²) in [5.41, 5.74) is 0.237. The average molecular weight is 372 g/mol. The molecule has 1 aromatic heterocycles. The van der Waals surface area contributed by atoms with E-state index in [1.165, 1.54) is 29.4 Å². The van der Waals surface area contributed by atoms with Crippen molar-refractivity contribution in [3.05, 3.63) is 89.4 Å². The van der Waals surface area contributed by atoms with E-state index in [0.29, 0.717) is 16.9 Å². The lowest BCUT2D eigenvalue weighted by Crippen LogP contribution is -2.32. The van der Waals surface area contributed by atoms with E-state index >= 15 is 0 Å². The number of para-hydroxylation sites is 1. The molecule has 1 aliphatic rings. The minimum Gasteiger partial charge on any atom is -0.467 e. The topological polar surface area (TPSA) is 45.5 Å². The monoisotopic (exact) mass is 372 g/mol. The number of amides is 1. The molecule has 4 rings (SSSR count). The van der Waals surface area contributed by atoms with E-state index in [1.54, 1.807) is 36.4 Å². The number of anilines is 1. The standard InChI is InChI=1S/C20H15F3N2O2/c21-20(22,23)16-9-3-4-10-17(16)24-18-14-7-1-2-8-15(14)19(26)25(18)12-13-6-5-11-27-13/h1-11,18,24H,12H2/t18-/m1/s1. The van der Waals surface area contributed by atoms with Crippen LogP contribution in [-0.4, -0.2) is 10.8 Å². The fraction of sp³-hybridized carbons (Fsp3) is 0.150. The van der Waals surface area contributed by atoms with E-state index in [-0.39, 0.29) is 18.1 Å². The SMILES string of the molecule is O=C1c2ccccc2[C@H](Nc2ccccc2C(F)(F)F)N1Cc1ccco1. The van der Waals surface area contributed by atoms with Crippen molar-refractivity contribution >= 4 is 11.6 Å². The summed E-state index contributed by atoms with van der Waals surface area (Å²) in [7, 11) is 0. The predicted molar refractivity (Wildman–Crippen MR) is 92.8 cm³/mol. The minimum atomic E-state index is -4.50. The molecule has 2 aromatic carbocycles. The molecule has 0 fully saturated rings. The highest BCUT2D eigenvalue weighted by Crippen LogP contribution is 2.40. The third kappa shape index (κ3) is 3.16. The van der Waals surface area contributed by atoms with Crippen molar-refractivity contribution in [2.75, 3.05) is 5.32 Å². The van der Waals surface area contributed by atoms with Gasteiger partial charge >= 0.3 is 6.18 Å². The maximum Gasteiger partial charge on any atom is 0.418 e. The fourth-order valence-corrected chi connectivity index (χ4v) is 3.26. The van der Waals surface area contributed by atoms with Gasteiger partial charge in [0.05, 0.1) is 18.4 Å². The first-order valence-electron chi connectivity index (χ1n) is 8.30. The summed E-state index contributed by atoms with van der Waals surface area (Å²) in [5.74, 6) is 0.288. The first kappa shape index (κ1) is 17.2. The Labute approximate surface area is 153 Å². The Morgan fingerprint density at radius 2 is 1.74 bits per heavy atom. The Hall–Kier alpha value is -3.22. The van der Waals surface area contributed by atoms with Gasteiger partial charge in [-0.05, 0) is 30.3 Å². The summed E-state index contributed by atoms with van der Waals surface area (Å²) in [4.78, 5) is 14.3. The van der Waals surface area contributed by atoms with Crippen molar-refractivity contribution in [1.82, 2.24) is 4.90 Å². The minimum absolute atomic E-state index is 0.0797. The molecule has 0 bridgehead atoms. The van der Waals surface area contributed by atoms with Crippen molar-refractivity contribution in [3.63, 3.8) is 0 Å². The highest BCUT2D eigenvalue weighted by molar-refractivity contribution is 5.99. The molecular formula is C20H15F3N2O2. The lowest BCUT2D eigenvalue weighted by molar-refractivity contribution is -0.137. The summed E-state index contributed by atoms with van der Waals surface area (Å²) in [6, 6.07) is 15.6. The van der Waals surface area contributed by atoms with E-state index in [2.05, 4.69) is 5.32 Å². The van der Waals surface area contributed by atoms with E-state index in [4.69, 9.17) is 4.42 Å². The number of halogens is 3. The third-order valence-electron chi connectivity index (χ3n) is 4.49. The number of carbonyl (C=O) groups excluding carboxylic acids is 1. The average Bonchev–Trinajstić information content (AvgIpc) is 3.24. The highest BCUT2D eigenvalue weighted by atomic mass is 19.4. The van der Waals surface area contributed by atoms with Crippen LogP contribution in [0.2, 0.25) is 0 Å². The molecule has 0 saturated heterocycles. The Balaban J connectivity index is 1.73. The van der Waals surface area contributed by atoms with Gasteiger partial charge in [0.15, 0.2) is 0 Å². The van der Waals surface area contributed by atoms with Crippen molar-refractivity contribution in [2.24, 2.45) is 0 Å². The largest absolute Gasteiger partial charge is 0.467 e. The zero-order valence-electron chi connectivity index (χ0n) is 14.0. The number of alkyl halides is 3. The van der Waals surface area contributed by atoms with Gasteiger partial charge in [-0.3, -0.25) is 4.79 Å². The Morgan fingerprint density at radius 1 is 1.00 bits per heavy atom. The third-order valence-corrected chi connectivity index (χ3v) is 4.49. The van der Waals surface area contributed by atoms with Crippen LogP contribution in [-0.2, 0) is 12.7 Å². The van der Waals surface area contributed by atoms with Gasteiger partial charge in [-0.2, -0.15) is 13.2 Å². The smallest absolute Gasteiger partial charge is 0.418 e. The van der Waals surface area contributed by atoms with Crippen LogP contribution in [0.5, 0.6) is 0 Å². The van der Waals surface area contributed by atoms with Gasteiger partial charge < -0.3 is 14.6 Å². The van der Waals surface area contributed by atoms with E-state index < -0.39 is 17.9 Å². The van der Waals surface area contributed by atoms with Gasteiger partial charge in [0.25, 0.3) is 5.91 Å². The van der Waals surface area contributed by atoms with Crippen LogP contribution >= 0.6 is 0 Å². The fourth-order valence-electron chi connectivity index (χ4n) is 3.26. The molecule has 0 aliphatic carbocycles. The van der Waals surface area contributed by atoms with Gasteiger partial charge in [-0.25, -0.2) is 0 Å². The molecule has 0 radical (unpaired) electrons. The van der Waals surface area contributed by atoms with Crippen molar-refractivity contribution in [3.8, 4) is 0 Å². The van der Waals surface area contributed by atoms with Crippen LogP contribution in [0.25, 0.3) is 0 Å². The Bertz CT molecular complexity index is 967. The maximum absolute atomic E-state index is 13.4. The van der Waals surface area contributed by atoms with Crippen molar-refractivity contribution in [2.45, 2.75) is 18.9 Å². The predicted octanol–water partition coefficient (Wildman–Crippen LogP) is 5.07. The van der Waals surface area contributed by atoms with Crippen LogP contribution < -0.4 is 5.32 Å². The van der Waals surface area contributed by atoms with Gasteiger partial charge in [0.2, 0.25) is 0 Å². The van der Waals surface area contributed by atoms with Gasteiger partial charge in [0.1, 0.15) is 11.9 Å². The van der Waals surface area contributed by atoms with E-state index in [0.717, 1.165) is 6.07 Å². The van der Waals surface area contributed by atoms with Crippen molar-refractivity contribution in [1.29, 1.82) is 0 Å². The molecule has 2 heterocycles. The van der Waals surface area contributed by atoms with Crippen molar-refractivity contribution < 1.29 is 22.4 Å². The van der Waals surface area contributed by atoms with Gasteiger partial charge in [-0.15, -0.1) is 0 Å². The molecule has 0 spiro atoms. The molecule has 0 saturated carbocycles. The molecular weight excluding hydrogens is 357 g/mol. The first-order valence-corrected chi connectivity index (χ1v) is 8.30. The number of nitrogens with one attached hydrogen (secondary N) is 1. The molecule has 1 atom stereocenters. The van der Waals surface area contributed by atoms with Crippen LogP contribution in [0.4, 0.5) is 18.9 Å². The molecule has 1 N–H and O–H groups in total. The second-order valence-corrected chi connectivity index (χ2v) is 6.19. The van der Waals surface area contributed by atoms with Crippen LogP contribution in [0, 0.1) is 0 Å². The molecule has 4 nitrogen and oxygen atoms in total. The second kappa shape index (κ2) is 6.50. The van der Waals surface area contributed by atoms with Gasteiger partial charge in [0, 0.05) is 16.8 Å². The molecule has 1 amide bonds. The lowest BCUT2D eigenvalue weighted by atomic mass is 10.1. The quantitative estimate of drug-likeness (QED) is 0.696. The molecule has 1 aliphatic heterocycles. The first-order chi connectivity index (χ1) is 12.9. The van der Waals surface area contributed by atoms with E-state index in [1.807, 2.05) is 0 Å². The zero-order chi connectivity index (χ0) is 19.0. The van der Waals surface area contributed by atoms with Gasteiger partial charge in [-0.1, -0.05) is 30.3 Å². The Morgan fingerprint density at radius 3 is 2.48 bits per heavy atom. The molecule has 3 aromatic rings. The number of benzene rings is 2. The molecule has 7 heteroatoms. The molecule has 138 valence electrons. The van der Waals surface area contributed by atoms with Crippen LogP contribution in [0.3, 0.4) is 0 Å². The summed E-state index contributed by atoms with van der Waals surface area (Å²) in [6.45, 7) is 0.145. The number of rotatable bonds is 4. The second-order valence-electron chi connectivity index (χ2n) is 6.19. The number of fused-ring (bicyclic) bond motifs is 1. The van der Waals surface area contributed by atoms with E-state index in [9.17, 15) is 18.0 Å². The summed E-state index contributed by atoms with van der Waals surface area (Å²) in [6.07, 6.45) is -3.75. The number of hydrogen-bond donors (Lipinski definition) is 1. The van der Waals surface area contributed by atoms with Crippen LogP contribution in [0.1, 0.15) is 33.4 Å².